The van der Waals surface area contributed by atoms with E-state index in [9.17, 15) is 0 Å². The van der Waals surface area contributed by atoms with Crippen LogP contribution in [0.1, 0.15) is 38.2 Å². The Morgan fingerprint density at radius 2 is 2.11 bits per heavy atom. The van der Waals surface area contributed by atoms with E-state index in [1.807, 2.05) is 6.07 Å². The number of piperidine rings is 1. The maximum absolute atomic E-state index is 6.00. The second-order valence-electron chi connectivity index (χ2n) is 5.61. The van der Waals surface area contributed by atoms with Crippen LogP contribution in [-0.4, -0.2) is 19.2 Å². The molecule has 1 unspecified atom stereocenters. The molecule has 0 spiro atoms. The van der Waals surface area contributed by atoms with Crippen LogP contribution in [0.15, 0.2) is 22.7 Å². The van der Waals surface area contributed by atoms with Crippen LogP contribution < -0.4 is 10.1 Å². The third-order valence-corrected chi connectivity index (χ3v) is 4.80. The zero-order valence-electron chi connectivity index (χ0n) is 11.9. The van der Waals surface area contributed by atoms with Crippen molar-refractivity contribution in [2.45, 2.75) is 45.6 Å². The molecule has 0 bridgehead atoms. The van der Waals surface area contributed by atoms with Crippen molar-refractivity contribution in [1.29, 1.82) is 0 Å². The summed E-state index contributed by atoms with van der Waals surface area (Å²) in [6, 6.07) is 6.20. The average molecular weight is 326 g/mol. The Kier molecular flexibility index (Phi) is 5.71. The van der Waals surface area contributed by atoms with Gasteiger partial charge in [0, 0.05) is 4.47 Å². The largest absolute Gasteiger partial charge is 0.491 e. The van der Waals surface area contributed by atoms with Crippen molar-refractivity contribution in [1.82, 2.24) is 5.32 Å². The molecule has 1 aromatic rings. The molecule has 2 nitrogen and oxygen atoms in total. The number of ether oxygens (including phenoxy) is 1. The average Bonchev–Trinajstić information content (AvgIpc) is 2.42. The van der Waals surface area contributed by atoms with Gasteiger partial charge in [0.05, 0.1) is 6.10 Å². The maximum atomic E-state index is 6.00. The highest BCUT2D eigenvalue weighted by atomic mass is 79.9. The monoisotopic (exact) mass is 325 g/mol. The molecule has 0 aliphatic carbocycles. The van der Waals surface area contributed by atoms with Gasteiger partial charge in [-0.1, -0.05) is 15.9 Å². The Balaban J connectivity index is 1.76. The number of halogens is 1. The molecule has 0 saturated carbocycles. The fraction of sp³-hybridized carbons (Fsp3) is 0.625. The topological polar surface area (TPSA) is 21.3 Å². The minimum Gasteiger partial charge on any atom is -0.491 e. The number of benzene rings is 1. The predicted molar refractivity (Wildman–Crippen MR) is 83.8 cm³/mol. The van der Waals surface area contributed by atoms with E-state index in [1.54, 1.807) is 0 Å². The van der Waals surface area contributed by atoms with E-state index in [-0.39, 0.29) is 0 Å². The van der Waals surface area contributed by atoms with Gasteiger partial charge in [0.1, 0.15) is 5.75 Å². The molecule has 3 heteroatoms. The molecular formula is C16H24BrNO. The summed E-state index contributed by atoms with van der Waals surface area (Å²) in [5, 5.41) is 3.42. The Morgan fingerprint density at radius 1 is 1.37 bits per heavy atom. The van der Waals surface area contributed by atoms with Crippen LogP contribution in [0.4, 0.5) is 0 Å². The first-order valence-corrected chi connectivity index (χ1v) is 8.08. The van der Waals surface area contributed by atoms with E-state index in [0.717, 1.165) is 22.6 Å². The number of hydrogen-bond donors (Lipinski definition) is 1. The summed E-state index contributed by atoms with van der Waals surface area (Å²) < 4.78 is 7.15. The van der Waals surface area contributed by atoms with Crippen LogP contribution in [-0.2, 0) is 0 Å². The van der Waals surface area contributed by atoms with E-state index in [2.05, 4.69) is 47.2 Å². The van der Waals surface area contributed by atoms with Gasteiger partial charge < -0.3 is 10.1 Å². The first-order chi connectivity index (χ1) is 9.15. The third-order valence-electron chi connectivity index (χ3n) is 3.91. The molecule has 106 valence electrons. The molecule has 19 heavy (non-hydrogen) atoms. The second-order valence-corrected chi connectivity index (χ2v) is 6.46. The summed E-state index contributed by atoms with van der Waals surface area (Å²) in [5.41, 5.74) is 1.23. The standard InChI is InChI=1S/C16H24BrNO/c1-12-11-15(5-6-16(12)17)19-13(2)3-4-14-7-9-18-10-8-14/h5-6,11,13-14,18H,3-4,7-10H2,1-2H3. The maximum Gasteiger partial charge on any atom is 0.120 e. The summed E-state index contributed by atoms with van der Waals surface area (Å²) in [5.74, 6) is 1.87. The fourth-order valence-corrected chi connectivity index (χ4v) is 2.87. The Hall–Kier alpha value is -0.540. The fourth-order valence-electron chi connectivity index (χ4n) is 2.62. The lowest BCUT2D eigenvalue weighted by Gasteiger charge is -2.24. The van der Waals surface area contributed by atoms with Crippen LogP contribution in [0.3, 0.4) is 0 Å². The molecular weight excluding hydrogens is 302 g/mol. The summed E-state index contributed by atoms with van der Waals surface area (Å²) in [6.45, 7) is 6.65. The zero-order valence-corrected chi connectivity index (χ0v) is 13.5. The predicted octanol–water partition coefficient (Wildman–Crippen LogP) is 4.30. The first-order valence-electron chi connectivity index (χ1n) is 7.28. The van der Waals surface area contributed by atoms with E-state index in [0.29, 0.717) is 6.10 Å². The Bertz CT molecular complexity index is 402. The second kappa shape index (κ2) is 7.30. The van der Waals surface area contributed by atoms with Crippen molar-refractivity contribution in [2.24, 2.45) is 5.92 Å². The van der Waals surface area contributed by atoms with Gasteiger partial charge in [-0.25, -0.2) is 0 Å². The minimum atomic E-state index is 0.301. The number of hydrogen-bond acceptors (Lipinski definition) is 2. The van der Waals surface area contributed by atoms with Gasteiger partial charge in [0.15, 0.2) is 0 Å². The Labute approximate surface area is 125 Å². The van der Waals surface area contributed by atoms with Crippen molar-refractivity contribution in [3.8, 4) is 5.75 Å². The van der Waals surface area contributed by atoms with Crippen molar-refractivity contribution < 1.29 is 4.74 Å². The van der Waals surface area contributed by atoms with E-state index >= 15 is 0 Å². The molecule has 0 amide bonds. The minimum absolute atomic E-state index is 0.301. The Morgan fingerprint density at radius 3 is 2.79 bits per heavy atom. The van der Waals surface area contributed by atoms with Gasteiger partial charge in [-0.05, 0) is 82.3 Å². The van der Waals surface area contributed by atoms with E-state index < -0.39 is 0 Å². The van der Waals surface area contributed by atoms with Crippen LogP contribution in [0.25, 0.3) is 0 Å². The van der Waals surface area contributed by atoms with Gasteiger partial charge in [-0.15, -0.1) is 0 Å². The van der Waals surface area contributed by atoms with Crippen LogP contribution in [0.2, 0.25) is 0 Å². The molecule has 1 atom stereocenters. The highest BCUT2D eigenvalue weighted by Crippen LogP contribution is 2.24. The first kappa shape index (κ1) is 14.9. The molecule has 0 radical (unpaired) electrons. The molecule has 1 N–H and O–H groups in total. The number of aryl methyl sites for hydroxylation is 1. The van der Waals surface area contributed by atoms with Crippen molar-refractivity contribution >= 4 is 15.9 Å². The lowest BCUT2D eigenvalue weighted by atomic mass is 9.92. The lowest BCUT2D eigenvalue weighted by Crippen LogP contribution is -2.28. The number of nitrogens with one attached hydrogen (secondary N) is 1. The van der Waals surface area contributed by atoms with Gasteiger partial charge in [0.2, 0.25) is 0 Å². The third kappa shape index (κ3) is 4.81. The van der Waals surface area contributed by atoms with Crippen LogP contribution in [0, 0.1) is 12.8 Å². The summed E-state index contributed by atoms with van der Waals surface area (Å²) >= 11 is 3.52. The van der Waals surface area contributed by atoms with E-state index in [4.69, 9.17) is 4.74 Å². The normalized spacial score (nSPS) is 18.3. The SMILES string of the molecule is Cc1cc(OC(C)CCC2CCNCC2)ccc1Br. The van der Waals surface area contributed by atoms with Gasteiger partial charge >= 0.3 is 0 Å². The smallest absolute Gasteiger partial charge is 0.120 e. The van der Waals surface area contributed by atoms with Gasteiger partial charge in [0.25, 0.3) is 0 Å². The zero-order chi connectivity index (χ0) is 13.7. The van der Waals surface area contributed by atoms with Crippen LogP contribution in [0.5, 0.6) is 5.75 Å². The molecule has 1 heterocycles. The van der Waals surface area contributed by atoms with Gasteiger partial charge in [-0.2, -0.15) is 0 Å². The quantitative estimate of drug-likeness (QED) is 0.871. The summed E-state index contributed by atoms with van der Waals surface area (Å²) in [7, 11) is 0. The molecule has 1 aliphatic heterocycles. The molecule has 1 fully saturated rings. The van der Waals surface area contributed by atoms with Crippen molar-refractivity contribution in [3.05, 3.63) is 28.2 Å². The number of rotatable bonds is 5. The highest BCUT2D eigenvalue weighted by molar-refractivity contribution is 9.10. The highest BCUT2D eigenvalue weighted by Gasteiger charge is 2.14. The van der Waals surface area contributed by atoms with Crippen LogP contribution >= 0.6 is 15.9 Å². The lowest BCUT2D eigenvalue weighted by molar-refractivity contribution is 0.192. The molecule has 2 rings (SSSR count). The van der Waals surface area contributed by atoms with Crippen molar-refractivity contribution in [2.75, 3.05) is 13.1 Å². The van der Waals surface area contributed by atoms with E-state index in [1.165, 1.54) is 37.9 Å². The summed E-state index contributed by atoms with van der Waals surface area (Å²) in [4.78, 5) is 0. The summed E-state index contributed by atoms with van der Waals surface area (Å²) in [6.07, 6.45) is 5.39. The van der Waals surface area contributed by atoms with Gasteiger partial charge in [-0.3, -0.25) is 0 Å². The molecule has 0 aromatic heterocycles. The molecule has 1 aliphatic rings. The molecule has 1 saturated heterocycles. The molecule has 1 aromatic carbocycles. The van der Waals surface area contributed by atoms with Crippen molar-refractivity contribution in [3.63, 3.8) is 0 Å².